The number of carboxylic acids is 1. The Hall–Kier alpha value is -1.87. The van der Waals surface area contributed by atoms with Gasteiger partial charge in [-0.15, -0.1) is 0 Å². The van der Waals surface area contributed by atoms with Gasteiger partial charge in [-0.25, -0.2) is 0 Å². The quantitative estimate of drug-likeness (QED) is 0.864. The van der Waals surface area contributed by atoms with Crippen LogP contribution in [-0.4, -0.2) is 29.1 Å². The molecule has 0 saturated carbocycles. The van der Waals surface area contributed by atoms with Crippen molar-refractivity contribution in [2.24, 2.45) is 0 Å². The average Bonchev–Trinajstić information content (AvgIpc) is 2.43. The van der Waals surface area contributed by atoms with Crippen LogP contribution in [0.25, 0.3) is 10.8 Å². The third kappa shape index (κ3) is 3.55. The summed E-state index contributed by atoms with van der Waals surface area (Å²) in [6, 6.07) is 14.6. The van der Waals surface area contributed by atoms with Crippen molar-refractivity contribution in [3.63, 3.8) is 0 Å². The average molecular weight is 257 g/mol. The van der Waals surface area contributed by atoms with Gasteiger partial charge in [-0.2, -0.15) is 0 Å². The zero-order chi connectivity index (χ0) is 13.7. The van der Waals surface area contributed by atoms with Crippen molar-refractivity contribution in [2.75, 3.05) is 13.1 Å². The molecule has 0 saturated heterocycles. The molecule has 3 nitrogen and oxygen atoms in total. The highest BCUT2D eigenvalue weighted by Gasteiger charge is 2.08. The molecule has 0 spiro atoms. The van der Waals surface area contributed by atoms with E-state index in [4.69, 9.17) is 5.11 Å². The molecule has 2 rings (SSSR count). The van der Waals surface area contributed by atoms with Crippen LogP contribution in [0.1, 0.15) is 18.9 Å². The fraction of sp³-hybridized carbons (Fsp3) is 0.312. The lowest BCUT2D eigenvalue weighted by Gasteiger charge is -2.20. The van der Waals surface area contributed by atoms with Crippen molar-refractivity contribution in [1.82, 2.24) is 4.90 Å². The number of hydrogen-bond donors (Lipinski definition) is 1. The Morgan fingerprint density at radius 3 is 2.63 bits per heavy atom. The Morgan fingerprint density at radius 1 is 1.16 bits per heavy atom. The van der Waals surface area contributed by atoms with E-state index in [0.29, 0.717) is 6.54 Å². The van der Waals surface area contributed by atoms with Crippen LogP contribution in [-0.2, 0) is 11.3 Å². The molecule has 0 amide bonds. The SMILES string of the molecule is CCN(CCC(=O)O)Cc1cccc2ccccc12. The van der Waals surface area contributed by atoms with Gasteiger partial charge in [0.05, 0.1) is 6.42 Å². The normalized spacial score (nSPS) is 11.1. The minimum atomic E-state index is -0.739. The predicted octanol–water partition coefficient (Wildman–Crippen LogP) is 3.14. The lowest BCUT2D eigenvalue weighted by atomic mass is 10.0. The third-order valence-corrected chi connectivity index (χ3v) is 3.36. The predicted molar refractivity (Wildman–Crippen MR) is 77.2 cm³/mol. The summed E-state index contributed by atoms with van der Waals surface area (Å²) in [5.74, 6) is -0.739. The van der Waals surface area contributed by atoms with E-state index in [0.717, 1.165) is 13.1 Å². The summed E-state index contributed by atoms with van der Waals surface area (Å²) < 4.78 is 0. The summed E-state index contributed by atoms with van der Waals surface area (Å²) in [6.45, 7) is 4.31. The maximum Gasteiger partial charge on any atom is 0.304 e. The van der Waals surface area contributed by atoms with Crippen molar-refractivity contribution in [2.45, 2.75) is 19.9 Å². The zero-order valence-corrected chi connectivity index (χ0v) is 11.2. The van der Waals surface area contributed by atoms with Crippen LogP contribution < -0.4 is 0 Å². The number of nitrogens with zero attached hydrogens (tertiary/aromatic N) is 1. The molecule has 0 bridgehead atoms. The number of fused-ring (bicyclic) bond motifs is 1. The Balaban J connectivity index is 2.17. The maximum absolute atomic E-state index is 10.7. The number of aliphatic carboxylic acids is 1. The first kappa shape index (κ1) is 13.6. The van der Waals surface area contributed by atoms with Gasteiger partial charge in [-0.05, 0) is 22.9 Å². The van der Waals surface area contributed by atoms with Gasteiger partial charge in [-0.3, -0.25) is 9.69 Å². The molecule has 0 aromatic heterocycles. The first-order valence-electron chi connectivity index (χ1n) is 6.61. The highest BCUT2D eigenvalue weighted by Crippen LogP contribution is 2.19. The van der Waals surface area contributed by atoms with Crippen molar-refractivity contribution in [3.05, 3.63) is 48.0 Å². The van der Waals surface area contributed by atoms with E-state index < -0.39 is 5.97 Å². The minimum Gasteiger partial charge on any atom is -0.481 e. The fourth-order valence-electron chi connectivity index (χ4n) is 2.27. The molecule has 0 unspecified atom stereocenters. The van der Waals surface area contributed by atoms with Crippen LogP contribution in [0, 0.1) is 0 Å². The van der Waals surface area contributed by atoms with Crippen molar-refractivity contribution in [3.8, 4) is 0 Å². The van der Waals surface area contributed by atoms with Crippen LogP contribution in [0.3, 0.4) is 0 Å². The van der Waals surface area contributed by atoms with Gasteiger partial charge in [0.1, 0.15) is 0 Å². The summed E-state index contributed by atoms with van der Waals surface area (Å²) in [7, 11) is 0. The number of hydrogen-bond acceptors (Lipinski definition) is 2. The van der Waals surface area contributed by atoms with Crippen molar-refractivity contribution >= 4 is 16.7 Å². The van der Waals surface area contributed by atoms with Crippen LogP contribution in [0.15, 0.2) is 42.5 Å². The molecule has 0 aliphatic rings. The molecule has 0 aliphatic heterocycles. The molecule has 0 atom stereocenters. The topological polar surface area (TPSA) is 40.5 Å². The van der Waals surface area contributed by atoms with E-state index in [2.05, 4.69) is 42.2 Å². The van der Waals surface area contributed by atoms with Gasteiger partial charge >= 0.3 is 5.97 Å². The number of carbonyl (C=O) groups is 1. The fourth-order valence-corrected chi connectivity index (χ4v) is 2.27. The molecule has 0 fully saturated rings. The maximum atomic E-state index is 10.7. The zero-order valence-electron chi connectivity index (χ0n) is 11.2. The van der Waals surface area contributed by atoms with Crippen LogP contribution >= 0.6 is 0 Å². The highest BCUT2D eigenvalue weighted by atomic mass is 16.4. The standard InChI is InChI=1S/C16H19NO2/c1-2-17(11-10-16(18)19)12-14-8-5-7-13-6-3-4-9-15(13)14/h3-9H,2,10-12H2,1H3,(H,18,19). The van der Waals surface area contributed by atoms with E-state index >= 15 is 0 Å². The number of rotatable bonds is 6. The lowest BCUT2D eigenvalue weighted by Crippen LogP contribution is -2.25. The monoisotopic (exact) mass is 257 g/mol. The largest absolute Gasteiger partial charge is 0.481 e. The van der Waals surface area contributed by atoms with E-state index in [1.807, 2.05) is 12.1 Å². The first-order chi connectivity index (χ1) is 9.20. The molecule has 2 aromatic rings. The van der Waals surface area contributed by atoms with E-state index in [9.17, 15) is 4.79 Å². The van der Waals surface area contributed by atoms with Crippen LogP contribution in [0.4, 0.5) is 0 Å². The Bertz CT molecular complexity index is 560. The molecule has 3 heteroatoms. The van der Waals surface area contributed by atoms with Gasteiger partial charge in [0, 0.05) is 13.1 Å². The Kier molecular flexibility index (Phi) is 4.53. The third-order valence-electron chi connectivity index (χ3n) is 3.36. The van der Waals surface area contributed by atoms with Crippen molar-refractivity contribution in [1.29, 1.82) is 0 Å². The molecule has 19 heavy (non-hydrogen) atoms. The molecular formula is C16H19NO2. The molecule has 0 radical (unpaired) electrons. The van der Waals surface area contributed by atoms with Gasteiger partial charge in [-0.1, -0.05) is 49.4 Å². The van der Waals surface area contributed by atoms with Gasteiger partial charge in [0.25, 0.3) is 0 Å². The molecule has 1 N–H and O–H groups in total. The van der Waals surface area contributed by atoms with E-state index in [1.54, 1.807) is 0 Å². The Morgan fingerprint density at radius 2 is 1.89 bits per heavy atom. The molecule has 100 valence electrons. The van der Waals surface area contributed by atoms with E-state index in [1.165, 1.54) is 16.3 Å². The molecule has 2 aromatic carbocycles. The molecular weight excluding hydrogens is 238 g/mol. The smallest absolute Gasteiger partial charge is 0.304 e. The van der Waals surface area contributed by atoms with Gasteiger partial charge in [0.15, 0.2) is 0 Å². The number of benzene rings is 2. The summed E-state index contributed by atoms with van der Waals surface area (Å²) in [6.07, 6.45) is 0.193. The summed E-state index contributed by atoms with van der Waals surface area (Å²) in [5, 5.41) is 11.2. The number of carboxylic acid groups (broad SMARTS) is 1. The Labute approximate surface area is 113 Å². The van der Waals surface area contributed by atoms with Gasteiger partial charge in [0.2, 0.25) is 0 Å². The van der Waals surface area contributed by atoms with E-state index in [-0.39, 0.29) is 6.42 Å². The highest BCUT2D eigenvalue weighted by molar-refractivity contribution is 5.85. The van der Waals surface area contributed by atoms with Crippen LogP contribution in [0.5, 0.6) is 0 Å². The summed E-state index contributed by atoms with van der Waals surface area (Å²) in [4.78, 5) is 12.8. The van der Waals surface area contributed by atoms with Crippen molar-refractivity contribution < 1.29 is 9.90 Å². The second-order valence-electron chi connectivity index (χ2n) is 4.65. The van der Waals surface area contributed by atoms with Gasteiger partial charge < -0.3 is 5.11 Å². The summed E-state index contributed by atoms with van der Waals surface area (Å²) in [5.41, 5.74) is 1.25. The summed E-state index contributed by atoms with van der Waals surface area (Å²) >= 11 is 0. The first-order valence-corrected chi connectivity index (χ1v) is 6.61. The lowest BCUT2D eigenvalue weighted by molar-refractivity contribution is -0.137. The molecule has 0 heterocycles. The minimum absolute atomic E-state index is 0.193. The van der Waals surface area contributed by atoms with Crippen LogP contribution in [0.2, 0.25) is 0 Å². The second kappa shape index (κ2) is 6.34. The molecule has 0 aliphatic carbocycles. The second-order valence-corrected chi connectivity index (χ2v) is 4.65.